The number of thiophene rings is 1. The fourth-order valence-corrected chi connectivity index (χ4v) is 5.37. The third-order valence-corrected chi connectivity index (χ3v) is 7.50. The van der Waals surface area contributed by atoms with Crippen molar-refractivity contribution < 1.29 is 0 Å². The van der Waals surface area contributed by atoms with Crippen LogP contribution in [0.2, 0.25) is 0 Å². The molecule has 0 aliphatic carbocycles. The SMILES string of the molecule is CC(C)n1c(=O)c2ccc(Nc3ccc4c(c3)CCNC4)nc2n1-c1csc(C(C)(C)C)c1. The molecule has 6 nitrogen and oxygen atoms in total. The van der Waals surface area contributed by atoms with E-state index in [1.807, 2.05) is 35.3 Å². The van der Waals surface area contributed by atoms with E-state index in [0.29, 0.717) is 11.0 Å². The Morgan fingerprint density at radius 3 is 2.67 bits per heavy atom. The Bertz CT molecular complexity index is 1390. The topological polar surface area (TPSA) is 63.9 Å². The number of anilines is 2. The molecule has 4 heterocycles. The van der Waals surface area contributed by atoms with Gasteiger partial charge in [0.2, 0.25) is 0 Å². The average molecular weight is 462 g/mol. The quantitative estimate of drug-likeness (QED) is 0.420. The maximum Gasteiger partial charge on any atom is 0.276 e. The van der Waals surface area contributed by atoms with Crippen molar-refractivity contribution in [2.75, 3.05) is 11.9 Å². The van der Waals surface area contributed by atoms with Crippen molar-refractivity contribution in [1.29, 1.82) is 0 Å². The van der Waals surface area contributed by atoms with E-state index in [1.54, 1.807) is 11.3 Å². The first-order chi connectivity index (χ1) is 15.7. The molecule has 172 valence electrons. The zero-order valence-corrected chi connectivity index (χ0v) is 20.7. The number of pyridine rings is 1. The molecule has 1 aliphatic heterocycles. The molecule has 0 amide bonds. The second-order valence-electron chi connectivity index (χ2n) is 10.1. The van der Waals surface area contributed by atoms with Crippen molar-refractivity contribution in [2.24, 2.45) is 0 Å². The molecule has 1 aliphatic rings. The summed E-state index contributed by atoms with van der Waals surface area (Å²) in [4.78, 5) is 19.5. The number of fused-ring (bicyclic) bond motifs is 2. The number of benzene rings is 1. The molecule has 0 spiro atoms. The lowest BCUT2D eigenvalue weighted by molar-refractivity contribution is 0.476. The smallest absolute Gasteiger partial charge is 0.276 e. The molecule has 7 heteroatoms. The highest BCUT2D eigenvalue weighted by Gasteiger charge is 2.22. The van der Waals surface area contributed by atoms with Crippen LogP contribution in [-0.2, 0) is 18.4 Å². The minimum atomic E-state index is -0.0103. The molecule has 0 radical (unpaired) electrons. The van der Waals surface area contributed by atoms with Gasteiger partial charge in [0.15, 0.2) is 5.65 Å². The van der Waals surface area contributed by atoms with Crippen LogP contribution in [0.25, 0.3) is 16.7 Å². The van der Waals surface area contributed by atoms with Crippen LogP contribution in [0.5, 0.6) is 0 Å². The third kappa shape index (κ3) is 4.00. The first-order valence-corrected chi connectivity index (χ1v) is 12.4. The summed E-state index contributed by atoms with van der Waals surface area (Å²) in [5.74, 6) is 0.734. The van der Waals surface area contributed by atoms with Crippen molar-refractivity contribution in [3.05, 3.63) is 68.1 Å². The van der Waals surface area contributed by atoms with Gasteiger partial charge in [0.05, 0.1) is 11.1 Å². The fraction of sp³-hybridized carbons (Fsp3) is 0.385. The zero-order valence-electron chi connectivity index (χ0n) is 19.9. The maximum absolute atomic E-state index is 13.3. The summed E-state index contributed by atoms with van der Waals surface area (Å²) in [7, 11) is 0. The summed E-state index contributed by atoms with van der Waals surface area (Å²) in [5, 5.41) is 9.63. The number of nitrogens with one attached hydrogen (secondary N) is 2. The standard InChI is InChI=1S/C26H31N5OS/c1-16(2)30-25(32)21-8-9-23(28-19-7-6-18-14-27-11-10-17(18)12-19)29-24(21)31(30)20-13-22(33-15-20)26(3,4)5/h6-9,12-13,15-16,27H,10-11,14H2,1-5H3,(H,28,29). The molecule has 5 rings (SSSR count). The number of hydrogen-bond acceptors (Lipinski definition) is 5. The molecule has 0 atom stereocenters. The summed E-state index contributed by atoms with van der Waals surface area (Å²) in [5.41, 5.74) is 5.45. The van der Waals surface area contributed by atoms with E-state index in [2.05, 4.69) is 61.1 Å². The Morgan fingerprint density at radius 1 is 1.12 bits per heavy atom. The lowest BCUT2D eigenvalue weighted by atomic mass is 9.95. The fourth-order valence-electron chi connectivity index (χ4n) is 4.41. The van der Waals surface area contributed by atoms with E-state index in [1.165, 1.54) is 16.0 Å². The van der Waals surface area contributed by atoms with Crippen LogP contribution in [0.3, 0.4) is 0 Å². The molecule has 33 heavy (non-hydrogen) atoms. The predicted octanol–water partition coefficient (Wildman–Crippen LogP) is 5.52. The number of rotatable bonds is 4. The van der Waals surface area contributed by atoms with Gasteiger partial charge in [0.1, 0.15) is 5.82 Å². The highest BCUT2D eigenvalue weighted by molar-refractivity contribution is 7.10. The van der Waals surface area contributed by atoms with Crippen LogP contribution in [-0.4, -0.2) is 20.9 Å². The van der Waals surface area contributed by atoms with E-state index >= 15 is 0 Å². The van der Waals surface area contributed by atoms with Crippen molar-refractivity contribution in [1.82, 2.24) is 19.7 Å². The molecule has 0 unspecified atom stereocenters. The van der Waals surface area contributed by atoms with Crippen LogP contribution in [0, 0.1) is 0 Å². The minimum absolute atomic E-state index is 0.00958. The number of nitrogens with zero attached hydrogens (tertiary/aromatic N) is 3. The molecular formula is C26H31N5OS. The summed E-state index contributed by atoms with van der Waals surface area (Å²) in [6, 6.07) is 12.5. The normalized spacial score (nSPS) is 14.1. The lowest BCUT2D eigenvalue weighted by Crippen LogP contribution is -2.24. The molecular weight excluding hydrogens is 430 g/mol. The molecule has 0 fully saturated rings. The molecule has 1 aromatic carbocycles. The predicted molar refractivity (Wildman–Crippen MR) is 137 cm³/mol. The van der Waals surface area contributed by atoms with E-state index < -0.39 is 0 Å². The van der Waals surface area contributed by atoms with Crippen LogP contribution in [0.4, 0.5) is 11.5 Å². The monoisotopic (exact) mass is 461 g/mol. The zero-order chi connectivity index (χ0) is 23.3. The summed E-state index contributed by atoms with van der Waals surface area (Å²) >= 11 is 1.72. The molecule has 0 saturated heterocycles. The largest absolute Gasteiger partial charge is 0.340 e. The Kier molecular flexibility index (Phi) is 5.41. The van der Waals surface area contributed by atoms with Crippen LogP contribution in [0.1, 0.15) is 56.7 Å². The van der Waals surface area contributed by atoms with Crippen LogP contribution < -0.4 is 16.2 Å². The van der Waals surface area contributed by atoms with Gasteiger partial charge in [0.25, 0.3) is 5.56 Å². The summed E-state index contributed by atoms with van der Waals surface area (Å²) in [6.07, 6.45) is 1.03. The lowest BCUT2D eigenvalue weighted by Gasteiger charge is -2.18. The second kappa shape index (κ2) is 8.15. The average Bonchev–Trinajstić information content (AvgIpc) is 3.37. The number of aromatic nitrogens is 3. The van der Waals surface area contributed by atoms with E-state index in [4.69, 9.17) is 4.98 Å². The van der Waals surface area contributed by atoms with Gasteiger partial charge >= 0.3 is 0 Å². The van der Waals surface area contributed by atoms with Gasteiger partial charge in [-0.05, 0) is 73.7 Å². The van der Waals surface area contributed by atoms with Crippen molar-refractivity contribution >= 4 is 33.9 Å². The van der Waals surface area contributed by atoms with Crippen LogP contribution >= 0.6 is 11.3 Å². The van der Waals surface area contributed by atoms with E-state index in [0.717, 1.165) is 36.7 Å². The third-order valence-electron chi connectivity index (χ3n) is 6.15. The van der Waals surface area contributed by atoms with E-state index in [-0.39, 0.29) is 17.0 Å². The van der Waals surface area contributed by atoms with Crippen molar-refractivity contribution in [3.63, 3.8) is 0 Å². The van der Waals surface area contributed by atoms with Gasteiger partial charge in [-0.25, -0.2) is 14.3 Å². The Morgan fingerprint density at radius 2 is 1.94 bits per heavy atom. The summed E-state index contributed by atoms with van der Waals surface area (Å²) in [6.45, 7) is 12.6. The highest BCUT2D eigenvalue weighted by Crippen LogP contribution is 2.32. The summed E-state index contributed by atoms with van der Waals surface area (Å²) < 4.78 is 3.79. The second-order valence-corrected chi connectivity index (χ2v) is 11.0. The molecule has 0 saturated carbocycles. The maximum atomic E-state index is 13.3. The molecule has 0 bridgehead atoms. The van der Waals surface area contributed by atoms with Gasteiger partial charge in [-0.15, -0.1) is 11.3 Å². The first-order valence-electron chi connectivity index (χ1n) is 11.6. The van der Waals surface area contributed by atoms with Gasteiger partial charge in [-0.1, -0.05) is 26.8 Å². The van der Waals surface area contributed by atoms with E-state index in [9.17, 15) is 4.79 Å². The highest BCUT2D eigenvalue weighted by atomic mass is 32.1. The van der Waals surface area contributed by atoms with Gasteiger partial charge < -0.3 is 10.6 Å². The Hall–Kier alpha value is -2.90. The number of hydrogen-bond donors (Lipinski definition) is 2. The van der Waals surface area contributed by atoms with Gasteiger partial charge in [0, 0.05) is 28.5 Å². The van der Waals surface area contributed by atoms with Gasteiger partial charge in [-0.2, -0.15) is 0 Å². The minimum Gasteiger partial charge on any atom is -0.340 e. The molecule has 3 aromatic heterocycles. The van der Waals surface area contributed by atoms with Crippen molar-refractivity contribution in [3.8, 4) is 5.69 Å². The molecule has 2 N–H and O–H groups in total. The Balaban J connectivity index is 1.61. The van der Waals surface area contributed by atoms with Crippen molar-refractivity contribution in [2.45, 2.75) is 59.0 Å². The molecule has 4 aromatic rings. The first kappa shape index (κ1) is 21.9. The van der Waals surface area contributed by atoms with Crippen LogP contribution in [0.15, 0.2) is 46.6 Å². The Labute approximate surface area is 198 Å². The van der Waals surface area contributed by atoms with Gasteiger partial charge in [-0.3, -0.25) is 4.79 Å².